The Hall–Kier alpha value is -3.42. The van der Waals surface area contributed by atoms with E-state index < -0.39 is 11.7 Å². The molecular weight excluding hydrogens is 402 g/mol. The highest BCUT2D eigenvalue weighted by atomic mass is 16.5. The van der Waals surface area contributed by atoms with E-state index in [2.05, 4.69) is 0 Å². The number of carbonyl (C=O) groups is 1. The summed E-state index contributed by atoms with van der Waals surface area (Å²) < 4.78 is 29.1. The van der Waals surface area contributed by atoms with Gasteiger partial charge in [-0.2, -0.15) is 0 Å². The Kier molecular flexibility index (Phi) is 7.59. The zero-order chi connectivity index (χ0) is 22.2. The largest absolute Gasteiger partial charge is 0.490 e. The Morgan fingerprint density at radius 1 is 0.968 bits per heavy atom. The maximum absolute atomic E-state index is 12.6. The van der Waals surface area contributed by atoms with E-state index in [4.69, 9.17) is 23.4 Å². The van der Waals surface area contributed by atoms with Crippen LogP contribution < -0.4 is 20.0 Å². The number of rotatable bonds is 11. The average molecular weight is 429 g/mol. The van der Waals surface area contributed by atoms with Gasteiger partial charge in [0.2, 0.25) is 5.75 Å². The molecule has 0 spiro atoms. The molecule has 0 saturated heterocycles. The van der Waals surface area contributed by atoms with Crippen LogP contribution in [0.2, 0.25) is 0 Å². The number of aromatic nitrogens is 1. The van der Waals surface area contributed by atoms with Crippen molar-refractivity contribution in [3.05, 3.63) is 52.5 Å². The van der Waals surface area contributed by atoms with Crippen LogP contribution in [0.3, 0.4) is 0 Å². The molecular formula is C23H27NO7. The standard InChI is InChI=1S/C23H27NO7/c1-4-27-19-14-16(15-20(28-5-2)21(19)29-6-3)22(25)30-13-9-12-24-17-10-7-8-11-18(17)31-23(24)26/h7-8,10-11,14-15H,4-6,9,12-13H2,1-3H3. The third-order valence-corrected chi connectivity index (χ3v) is 4.48. The molecule has 8 nitrogen and oxygen atoms in total. The molecule has 0 saturated carbocycles. The third-order valence-electron chi connectivity index (χ3n) is 4.48. The van der Waals surface area contributed by atoms with E-state index >= 15 is 0 Å². The fraction of sp³-hybridized carbons (Fsp3) is 0.391. The second-order valence-electron chi connectivity index (χ2n) is 6.58. The molecule has 0 unspecified atom stereocenters. The number of para-hydroxylation sites is 2. The predicted octanol–water partition coefficient (Wildman–Crippen LogP) is 4.04. The molecule has 0 bridgehead atoms. The second kappa shape index (κ2) is 10.6. The summed E-state index contributed by atoms with van der Waals surface area (Å²) in [6.45, 7) is 7.35. The number of oxazole rings is 1. The summed E-state index contributed by atoms with van der Waals surface area (Å²) in [7, 11) is 0. The number of nitrogens with zero attached hydrogens (tertiary/aromatic N) is 1. The first-order valence-corrected chi connectivity index (χ1v) is 10.4. The molecule has 1 heterocycles. The number of esters is 1. The van der Waals surface area contributed by atoms with Gasteiger partial charge in [-0.05, 0) is 51.5 Å². The lowest BCUT2D eigenvalue weighted by Gasteiger charge is -2.16. The maximum atomic E-state index is 12.6. The van der Waals surface area contributed by atoms with Gasteiger partial charge in [0.15, 0.2) is 17.1 Å². The monoisotopic (exact) mass is 429 g/mol. The van der Waals surface area contributed by atoms with Crippen molar-refractivity contribution in [1.29, 1.82) is 0 Å². The Bertz CT molecular complexity index is 1060. The quantitative estimate of drug-likeness (QED) is 0.336. The summed E-state index contributed by atoms with van der Waals surface area (Å²) in [5.41, 5.74) is 1.56. The van der Waals surface area contributed by atoms with Crippen molar-refractivity contribution in [3.63, 3.8) is 0 Å². The van der Waals surface area contributed by atoms with Crippen molar-refractivity contribution in [3.8, 4) is 17.2 Å². The highest BCUT2D eigenvalue weighted by Gasteiger charge is 2.19. The minimum Gasteiger partial charge on any atom is -0.490 e. The fourth-order valence-electron chi connectivity index (χ4n) is 3.20. The smallest absolute Gasteiger partial charge is 0.419 e. The van der Waals surface area contributed by atoms with Crippen LogP contribution in [-0.4, -0.2) is 37.0 Å². The lowest BCUT2D eigenvalue weighted by Crippen LogP contribution is -2.16. The van der Waals surface area contributed by atoms with E-state index in [1.807, 2.05) is 32.9 Å². The van der Waals surface area contributed by atoms with Crippen LogP contribution in [0.5, 0.6) is 17.2 Å². The summed E-state index contributed by atoms with van der Waals surface area (Å²) in [6, 6.07) is 10.4. The average Bonchev–Trinajstić information content (AvgIpc) is 3.08. The molecule has 0 aliphatic heterocycles. The Morgan fingerprint density at radius 2 is 1.61 bits per heavy atom. The van der Waals surface area contributed by atoms with Gasteiger partial charge < -0.3 is 23.4 Å². The van der Waals surface area contributed by atoms with E-state index in [1.54, 1.807) is 24.3 Å². The van der Waals surface area contributed by atoms with Crippen LogP contribution in [0.1, 0.15) is 37.6 Å². The molecule has 0 N–H and O–H groups in total. The maximum Gasteiger partial charge on any atom is 0.419 e. The molecule has 1 aromatic heterocycles. The van der Waals surface area contributed by atoms with Crippen LogP contribution in [0.15, 0.2) is 45.6 Å². The van der Waals surface area contributed by atoms with E-state index in [0.29, 0.717) is 66.7 Å². The first kappa shape index (κ1) is 22.3. The molecule has 0 atom stereocenters. The van der Waals surface area contributed by atoms with Crippen molar-refractivity contribution in [2.45, 2.75) is 33.7 Å². The summed E-state index contributed by atoms with van der Waals surface area (Å²) in [4.78, 5) is 24.6. The van der Waals surface area contributed by atoms with Gasteiger partial charge in [0.25, 0.3) is 0 Å². The van der Waals surface area contributed by atoms with Crippen molar-refractivity contribution >= 4 is 17.1 Å². The van der Waals surface area contributed by atoms with Gasteiger partial charge >= 0.3 is 11.7 Å². The van der Waals surface area contributed by atoms with Gasteiger partial charge in [-0.1, -0.05) is 12.1 Å². The summed E-state index contributed by atoms with van der Waals surface area (Å²) in [5.74, 6) is 0.391. The topological polar surface area (TPSA) is 89.1 Å². The zero-order valence-corrected chi connectivity index (χ0v) is 18.0. The highest BCUT2D eigenvalue weighted by Crippen LogP contribution is 2.39. The molecule has 0 radical (unpaired) electrons. The van der Waals surface area contributed by atoms with Crippen molar-refractivity contribution in [2.24, 2.45) is 0 Å². The SMILES string of the molecule is CCOc1cc(C(=O)OCCCn2c(=O)oc3ccccc32)cc(OCC)c1OCC. The van der Waals surface area contributed by atoms with Crippen molar-refractivity contribution in [2.75, 3.05) is 26.4 Å². The van der Waals surface area contributed by atoms with Crippen LogP contribution in [0, 0.1) is 0 Å². The molecule has 3 aromatic rings. The first-order valence-electron chi connectivity index (χ1n) is 10.4. The fourth-order valence-corrected chi connectivity index (χ4v) is 3.20. The molecule has 0 amide bonds. The van der Waals surface area contributed by atoms with E-state index in [0.717, 1.165) is 0 Å². The number of ether oxygens (including phenoxy) is 4. The lowest BCUT2D eigenvalue weighted by atomic mass is 10.2. The van der Waals surface area contributed by atoms with Crippen LogP contribution in [0.4, 0.5) is 0 Å². The Balaban J connectivity index is 1.68. The molecule has 8 heteroatoms. The Morgan fingerprint density at radius 3 is 2.26 bits per heavy atom. The van der Waals surface area contributed by atoms with E-state index in [9.17, 15) is 9.59 Å². The normalized spacial score (nSPS) is 10.8. The van der Waals surface area contributed by atoms with E-state index in [1.165, 1.54) is 4.57 Å². The number of aryl methyl sites for hydroxylation is 1. The van der Waals surface area contributed by atoms with Gasteiger partial charge in [0.1, 0.15) is 0 Å². The molecule has 31 heavy (non-hydrogen) atoms. The predicted molar refractivity (Wildman–Crippen MR) is 115 cm³/mol. The molecule has 166 valence electrons. The summed E-state index contributed by atoms with van der Waals surface area (Å²) in [6.07, 6.45) is 0.461. The minimum atomic E-state index is -0.505. The van der Waals surface area contributed by atoms with Crippen molar-refractivity contribution in [1.82, 2.24) is 4.57 Å². The van der Waals surface area contributed by atoms with Gasteiger partial charge in [-0.25, -0.2) is 9.59 Å². The van der Waals surface area contributed by atoms with E-state index in [-0.39, 0.29) is 6.61 Å². The van der Waals surface area contributed by atoms with Gasteiger partial charge in [-0.15, -0.1) is 0 Å². The molecule has 0 fully saturated rings. The number of fused-ring (bicyclic) bond motifs is 1. The van der Waals surface area contributed by atoms with Gasteiger partial charge in [0, 0.05) is 6.54 Å². The number of hydrogen-bond donors (Lipinski definition) is 0. The van der Waals surface area contributed by atoms with Gasteiger partial charge in [-0.3, -0.25) is 4.57 Å². The Labute approximate surface area is 180 Å². The van der Waals surface area contributed by atoms with Gasteiger partial charge in [0.05, 0.1) is 37.5 Å². The molecule has 0 aliphatic carbocycles. The zero-order valence-electron chi connectivity index (χ0n) is 18.0. The first-order chi connectivity index (χ1) is 15.1. The molecule has 2 aromatic carbocycles. The van der Waals surface area contributed by atoms with Crippen molar-refractivity contribution < 1.29 is 28.2 Å². The number of hydrogen-bond acceptors (Lipinski definition) is 7. The highest BCUT2D eigenvalue weighted by molar-refractivity contribution is 5.91. The number of carbonyl (C=O) groups excluding carboxylic acids is 1. The second-order valence-corrected chi connectivity index (χ2v) is 6.58. The minimum absolute atomic E-state index is 0.145. The van der Waals surface area contributed by atoms with Crippen LogP contribution in [0.25, 0.3) is 11.1 Å². The summed E-state index contributed by atoms with van der Waals surface area (Å²) in [5, 5.41) is 0. The molecule has 3 rings (SSSR count). The lowest BCUT2D eigenvalue weighted by molar-refractivity contribution is 0.0494. The number of benzene rings is 2. The summed E-state index contributed by atoms with van der Waals surface area (Å²) >= 11 is 0. The third kappa shape index (κ3) is 5.20. The molecule has 0 aliphatic rings. The van der Waals surface area contributed by atoms with Crippen LogP contribution >= 0.6 is 0 Å². The van der Waals surface area contributed by atoms with Crippen LogP contribution in [-0.2, 0) is 11.3 Å².